The SMILES string of the molecule is CC/C=C\C/C=C\C/C=C\CCCCCCCCCC(=O)NC(COC1OC(CO)C(OC2OC(CO)C(OC3OC(CO)C(O)C(O)C3O)C(O)C2O)C(O)C1O)C(O)/C=C/CC/C=C/CC/C=C/CCCCCCCC. The minimum Gasteiger partial charge on any atom is -0.394 e. The van der Waals surface area contributed by atoms with Crippen molar-refractivity contribution in [3.8, 4) is 0 Å². The molecule has 3 rings (SSSR count). The third-order valence-electron chi connectivity index (χ3n) is 14.2. The molecule has 0 spiro atoms. The minimum atomic E-state index is -1.99. The Bertz CT molecular complexity index is 1710. The van der Waals surface area contributed by atoms with Crippen LogP contribution in [0.4, 0.5) is 0 Å². The van der Waals surface area contributed by atoms with Crippen LogP contribution in [0.5, 0.6) is 0 Å². The second kappa shape index (κ2) is 42.1. The zero-order valence-electron chi connectivity index (χ0n) is 46.6. The maximum atomic E-state index is 13.3. The van der Waals surface area contributed by atoms with E-state index >= 15 is 0 Å². The first-order valence-corrected chi connectivity index (χ1v) is 29.2. The molecular weight excluding hydrogens is 1010 g/mol. The first-order chi connectivity index (χ1) is 37.8. The van der Waals surface area contributed by atoms with Gasteiger partial charge in [0, 0.05) is 6.42 Å². The van der Waals surface area contributed by atoms with Crippen LogP contribution in [0.3, 0.4) is 0 Å². The largest absolute Gasteiger partial charge is 0.394 e. The molecule has 19 nitrogen and oxygen atoms in total. The van der Waals surface area contributed by atoms with Crippen LogP contribution in [-0.4, -0.2) is 193 Å². The third-order valence-corrected chi connectivity index (χ3v) is 14.2. The molecule has 0 aromatic rings. The number of allylic oxidation sites excluding steroid dienone is 11. The Hall–Kier alpha value is -2.77. The van der Waals surface area contributed by atoms with E-state index in [1.165, 1.54) is 38.5 Å². The maximum absolute atomic E-state index is 13.3. The topological polar surface area (TPSA) is 307 Å². The number of amides is 1. The lowest BCUT2D eigenvalue weighted by atomic mass is 9.96. The monoisotopic (exact) mass is 1110 g/mol. The minimum absolute atomic E-state index is 0.217. The van der Waals surface area contributed by atoms with Gasteiger partial charge in [0.15, 0.2) is 18.9 Å². The zero-order chi connectivity index (χ0) is 56.9. The van der Waals surface area contributed by atoms with E-state index in [1.807, 2.05) is 6.08 Å². The summed E-state index contributed by atoms with van der Waals surface area (Å²) in [6.07, 6.45) is 21.7. The Morgan fingerprint density at radius 1 is 0.474 bits per heavy atom. The summed E-state index contributed by atoms with van der Waals surface area (Å²) < 4.78 is 34.2. The van der Waals surface area contributed by atoms with Gasteiger partial charge in [-0.2, -0.15) is 0 Å². The summed E-state index contributed by atoms with van der Waals surface area (Å²) in [4.78, 5) is 13.3. The molecule has 78 heavy (non-hydrogen) atoms. The van der Waals surface area contributed by atoms with Gasteiger partial charge in [0.2, 0.25) is 5.91 Å². The predicted octanol–water partition coefficient (Wildman–Crippen LogP) is 4.65. The summed E-state index contributed by atoms with van der Waals surface area (Å²) in [6, 6.07) is -1.00. The molecule has 3 heterocycles. The fraction of sp³-hybridized carbons (Fsp3) is 0.780. The van der Waals surface area contributed by atoms with Crippen molar-refractivity contribution in [2.24, 2.45) is 0 Å². The number of unbranched alkanes of at least 4 members (excludes halogenated alkanes) is 15. The number of hydrogen-bond donors (Lipinski definition) is 12. The van der Waals surface area contributed by atoms with Gasteiger partial charge in [0.05, 0.1) is 38.6 Å². The number of rotatable bonds is 41. The van der Waals surface area contributed by atoms with Gasteiger partial charge in [-0.25, -0.2) is 0 Å². The smallest absolute Gasteiger partial charge is 0.220 e. The summed E-state index contributed by atoms with van der Waals surface area (Å²) >= 11 is 0. The van der Waals surface area contributed by atoms with Crippen molar-refractivity contribution in [2.45, 2.75) is 266 Å². The normalized spacial score (nSPS) is 31.0. The molecule has 450 valence electrons. The highest BCUT2D eigenvalue weighted by Crippen LogP contribution is 2.33. The lowest BCUT2D eigenvalue weighted by molar-refractivity contribution is -0.379. The predicted molar refractivity (Wildman–Crippen MR) is 295 cm³/mol. The summed E-state index contributed by atoms with van der Waals surface area (Å²) in [5.41, 5.74) is 0. The van der Waals surface area contributed by atoms with E-state index in [0.717, 1.165) is 89.9 Å². The van der Waals surface area contributed by atoms with Gasteiger partial charge < -0.3 is 89.9 Å². The van der Waals surface area contributed by atoms with Gasteiger partial charge >= 0.3 is 0 Å². The van der Waals surface area contributed by atoms with E-state index in [0.29, 0.717) is 12.8 Å². The van der Waals surface area contributed by atoms with Crippen LogP contribution in [0.1, 0.15) is 162 Å². The zero-order valence-corrected chi connectivity index (χ0v) is 46.6. The summed E-state index contributed by atoms with van der Waals surface area (Å²) in [6.45, 7) is 1.54. The first kappa shape index (κ1) is 69.5. The van der Waals surface area contributed by atoms with Crippen LogP contribution in [-0.2, 0) is 33.2 Å². The second-order valence-electron chi connectivity index (χ2n) is 20.7. The van der Waals surface area contributed by atoms with Crippen molar-refractivity contribution >= 4 is 5.91 Å². The van der Waals surface area contributed by atoms with Gasteiger partial charge in [-0.05, 0) is 77.0 Å². The number of carbonyl (C=O) groups excluding carboxylic acids is 1. The number of carbonyl (C=O) groups is 1. The number of hydrogen-bond acceptors (Lipinski definition) is 18. The van der Waals surface area contributed by atoms with Crippen LogP contribution in [0.15, 0.2) is 72.9 Å². The van der Waals surface area contributed by atoms with Crippen LogP contribution >= 0.6 is 0 Å². The van der Waals surface area contributed by atoms with E-state index in [2.05, 4.69) is 79.9 Å². The lowest BCUT2D eigenvalue weighted by Gasteiger charge is -2.48. The molecule has 0 aromatic carbocycles. The molecule has 3 aliphatic rings. The third kappa shape index (κ3) is 26.0. The van der Waals surface area contributed by atoms with Crippen molar-refractivity contribution in [1.82, 2.24) is 5.32 Å². The Labute approximate surface area is 464 Å². The number of nitrogens with one attached hydrogen (secondary N) is 1. The summed E-state index contributed by atoms with van der Waals surface area (Å²) in [5, 5.41) is 120. The fourth-order valence-electron chi connectivity index (χ4n) is 9.41. The molecule has 0 saturated carbocycles. The van der Waals surface area contributed by atoms with Crippen molar-refractivity contribution in [3.63, 3.8) is 0 Å². The standard InChI is InChI=1S/C59H101NO18/c1-3-5-7-9-11-13-15-17-19-21-23-25-27-29-31-33-35-37-47(65)60-42(43(64)36-34-32-30-28-26-24-22-20-18-16-14-12-10-8-6-4-2)41-73-57-53(71)50(68)55(45(39-62)75-57)78-59-54(72)51(69)56(46(40-63)76-59)77-58-52(70)49(67)48(66)44(38-61)74-58/h5,7,11,13,17-20,26,28,34,36,42-46,48-59,61-64,66-72H,3-4,6,8-10,12,14-16,21-25,27,29-33,35,37-41H2,1-2H3,(H,60,65)/b7-5-,13-11-,19-17-,20-18+,28-26+,36-34+. The van der Waals surface area contributed by atoms with Crippen molar-refractivity contribution in [2.75, 3.05) is 26.4 Å². The quantitative estimate of drug-likeness (QED) is 0.0293. The molecular formula is C59H101NO18. The highest BCUT2D eigenvalue weighted by atomic mass is 16.8. The molecule has 3 aliphatic heterocycles. The van der Waals surface area contributed by atoms with Gasteiger partial charge in [0.25, 0.3) is 0 Å². The fourth-order valence-corrected chi connectivity index (χ4v) is 9.41. The highest BCUT2D eigenvalue weighted by molar-refractivity contribution is 5.76. The van der Waals surface area contributed by atoms with Gasteiger partial charge in [-0.1, -0.05) is 151 Å². The second-order valence-corrected chi connectivity index (χ2v) is 20.7. The Kier molecular flexibility index (Phi) is 37.5. The molecule has 17 atom stereocenters. The Balaban J connectivity index is 1.54. The number of ether oxygens (including phenoxy) is 6. The molecule has 0 aromatic heterocycles. The van der Waals surface area contributed by atoms with Gasteiger partial charge in [-0.3, -0.25) is 4.79 Å². The van der Waals surface area contributed by atoms with Gasteiger partial charge in [0.1, 0.15) is 73.2 Å². The number of aliphatic hydroxyl groups is 11. The number of aliphatic hydroxyl groups excluding tert-OH is 11. The molecule has 19 heteroatoms. The molecule has 0 bridgehead atoms. The maximum Gasteiger partial charge on any atom is 0.220 e. The van der Waals surface area contributed by atoms with E-state index in [-0.39, 0.29) is 18.9 Å². The van der Waals surface area contributed by atoms with Gasteiger partial charge in [-0.15, -0.1) is 0 Å². The van der Waals surface area contributed by atoms with Crippen LogP contribution in [0, 0.1) is 0 Å². The van der Waals surface area contributed by atoms with Crippen molar-refractivity contribution in [1.29, 1.82) is 0 Å². The first-order valence-electron chi connectivity index (χ1n) is 29.2. The van der Waals surface area contributed by atoms with Crippen LogP contribution < -0.4 is 5.32 Å². The molecule has 0 radical (unpaired) electrons. The van der Waals surface area contributed by atoms with Crippen LogP contribution in [0.2, 0.25) is 0 Å². The average Bonchev–Trinajstić information content (AvgIpc) is 3.45. The molecule has 3 fully saturated rings. The van der Waals surface area contributed by atoms with E-state index < -0.39 is 124 Å². The van der Waals surface area contributed by atoms with E-state index in [9.17, 15) is 61.0 Å². The molecule has 1 amide bonds. The Morgan fingerprint density at radius 3 is 1.44 bits per heavy atom. The summed E-state index contributed by atoms with van der Waals surface area (Å²) in [7, 11) is 0. The molecule has 12 N–H and O–H groups in total. The average molecular weight is 1110 g/mol. The van der Waals surface area contributed by atoms with Crippen LogP contribution in [0.25, 0.3) is 0 Å². The van der Waals surface area contributed by atoms with E-state index in [1.54, 1.807) is 6.08 Å². The van der Waals surface area contributed by atoms with E-state index in [4.69, 9.17) is 28.4 Å². The van der Waals surface area contributed by atoms with Crippen molar-refractivity contribution < 1.29 is 89.4 Å². The summed E-state index contributed by atoms with van der Waals surface area (Å²) in [5.74, 6) is -0.304. The Morgan fingerprint density at radius 2 is 0.897 bits per heavy atom. The van der Waals surface area contributed by atoms with Crippen molar-refractivity contribution in [3.05, 3.63) is 72.9 Å². The molecule has 3 saturated heterocycles. The molecule has 17 unspecified atom stereocenters. The molecule has 0 aliphatic carbocycles. The lowest BCUT2D eigenvalue weighted by Crippen LogP contribution is -2.66. The highest BCUT2D eigenvalue weighted by Gasteiger charge is 2.53.